The summed E-state index contributed by atoms with van der Waals surface area (Å²) < 4.78 is 10.4. The third-order valence-electron chi connectivity index (χ3n) is 4.89. The number of carbonyl (C=O) groups is 2. The lowest BCUT2D eigenvalue weighted by Crippen LogP contribution is -2.30. The number of benzene rings is 1. The fraction of sp³-hybridized carbons (Fsp3) is 0.579. The first-order chi connectivity index (χ1) is 11.2. The summed E-state index contributed by atoms with van der Waals surface area (Å²) in [4.78, 5) is 22.3. The van der Waals surface area contributed by atoms with Gasteiger partial charge in [-0.25, -0.2) is 0 Å². The summed E-state index contributed by atoms with van der Waals surface area (Å²) >= 11 is 0. The molecular formula is C19H26O5. The van der Waals surface area contributed by atoms with Crippen molar-refractivity contribution in [3.8, 4) is 5.75 Å². The summed E-state index contributed by atoms with van der Waals surface area (Å²) in [7, 11) is 0. The van der Waals surface area contributed by atoms with Crippen molar-refractivity contribution in [2.24, 2.45) is 11.8 Å². The third-order valence-corrected chi connectivity index (χ3v) is 4.89. The number of rotatable bonds is 4. The highest BCUT2D eigenvalue weighted by molar-refractivity contribution is 5.70. The van der Waals surface area contributed by atoms with Gasteiger partial charge in [0.25, 0.3) is 0 Å². The number of hydrogen-bond donors (Lipinski definition) is 1. The van der Waals surface area contributed by atoms with Gasteiger partial charge in [0.1, 0.15) is 5.75 Å². The molecule has 0 aliphatic heterocycles. The number of fused-ring (bicyclic) bond motifs is 1. The van der Waals surface area contributed by atoms with Crippen molar-refractivity contribution >= 4 is 11.9 Å². The zero-order valence-electron chi connectivity index (χ0n) is 15.0. The molecule has 1 aromatic carbocycles. The van der Waals surface area contributed by atoms with E-state index in [1.54, 1.807) is 0 Å². The Morgan fingerprint density at radius 3 is 2.54 bits per heavy atom. The largest absolute Gasteiger partial charge is 0.466 e. The molecule has 1 aliphatic carbocycles. The van der Waals surface area contributed by atoms with Gasteiger partial charge in [0.15, 0.2) is 0 Å². The predicted molar refractivity (Wildman–Crippen MR) is 89.8 cm³/mol. The van der Waals surface area contributed by atoms with Gasteiger partial charge in [-0.15, -0.1) is 0 Å². The van der Waals surface area contributed by atoms with Crippen LogP contribution in [-0.2, 0) is 20.7 Å². The number of aliphatic hydroxyl groups is 1. The molecule has 5 heteroatoms. The van der Waals surface area contributed by atoms with Crippen molar-refractivity contribution in [1.29, 1.82) is 0 Å². The highest BCUT2D eigenvalue weighted by atomic mass is 16.5. The minimum atomic E-state index is -0.659. The molecule has 0 radical (unpaired) electrons. The van der Waals surface area contributed by atoms with E-state index in [0.717, 1.165) is 35.1 Å². The number of aliphatic hydroxyl groups excluding tert-OH is 1. The van der Waals surface area contributed by atoms with Crippen LogP contribution in [0, 0.1) is 25.7 Å². The van der Waals surface area contributed by atoms with Gasteiger partial charge in [-0.3, -0.25) is 9.59 Å². The van der Waals surface area contributed by atoms with Crippen molar-refractivity contribution in [2.45, 2.75) is 53.6 Å². The second-order valence-electron chi connectivity index (χ2n) is 6.73. The van der Waals surface area contributed by atoms with Crippen LogP contribution in [0.1, 0.15) is 55.5 Å². The molecule has 0 aromatic heterocycles. The minimum absolute atomic E-state index is 0.00234. The lowest BCUT2D eigenvalue weighted by atomic mass is 9.73. The summed E-state index contributed by atoms with van der Waals surface area (Å²) in [5, 5.41) is 10.9. The van der Waals surface area contributed by atoms with E-state index in [4.69, 9.17) is 9.47 Å². The molecule has 1 aliphatic rings. The van der Waals surface area contributed by atoms with E-state index in [2.05, 4.69) is 0 Å². The first-order valence-electron chi connectivity index (χ1n) is 8.35. The van der Waals surface area contributed by atoms with Crippen molar-refractivity contribution in [3.63, 3.8) is 0 Å². The van der Waals surface area contributed by atoms with Gasteiger partial charge < -0.3 is 14.6 Å². The maximum absolute atomic E-state index is 11.3. The Balaban J connectivity index is 2.33. The Labute approximate surface area is 143 Å². The fourth-order valence-electron chi connectivity index (χ4n) is 3.61. The van der Waals surface area contributed by atoms with Gasteiger partial charge in [0, 0.05) is 13.8 Å². The zero-order chi connectivity index (χ0) is 18.0. The van der Waals surface area contributed by atoms with Crippen molar-refractivity contribution in [1.82, 2.24) is 0 Å². The van der Waals surface area contributed by atoms with Crippen LogP contribution in [0.3, 0.4) is 0 Å². The van der Waals surface area contributed by atoms with E-state index in [9.17, 15) is 14.7 Å². The smallest absolute Gasteiger partial charge is 0.308 e. The molecule has 0 heterocycles. The molecule has 1 aromatic rings. The standard InChI is InChI=1S/C19H26O5/c1-10-8-17(24-14(5)21)12(3)18-15(10)6-7-16(19(18)22)11(2)9-23-13(4)20/h8,11,16,19,22H,6-7,9H2,1-5H3. The van der Waals surface area contributed by atoms with E-state index in [1.807, 2.05) is 26.8 Å². The van der Waals surface area contributed by atoms with Crippen LogP contribution >= 0.6 is 0 Å². The lowest BCUT2D eigenvalue weighted by Gasteiger charge is -2.36. The Morgan fingerprint density at radius 1 is 1.29 bits per heavy atom. The van der Waals surface area contributed by atoms with Gasteiger partial charge in [-0.05, 0) is 66.8 Å². The van der Waals surface area contributed by atoms with Gasteiger partial charge in [0.05, 0.1) is 12.7 Å². The summed E-state index contributed by atoms with van der Waals surface area (Å²) in [6.45, 7) is 8.89. The Kier molecular flexibility index (Phi) is 5.65. The minimum Gasteiger partial charge on any atom is -0.466 e. The second-order valence-corrected chi connectivity index (χ2v) is 6.73. The number of carbonyl (C=O) groups excluding carboxylic acids is 2. The summed E-state index contributed by atoms with van der Waals surface area (Å²) in [6.07, 6.45) is 1.03. The molecule has 0 bridgehead atoms. The number of aryl methyl sites for hydroxylation is 1. The third kappa shape index (κ3) is 3.78. The normalized spacial score (nSPS) is 20.9. The van der Waals surface area contributed by atoms with Gasteiger partial charge in [-0.1, -0.05) is 6.92 Å². The first-order valence-corrected chi connectivity index (χ1v) is 8.35. The fourth-order valence-corrected chi connectivity index (χ4v) is 3.61. The topological polar surface area (TPSA) is 72.8 Å². The monoisotopic (exact) mass is 334 g/mol. The van der Waals surface area contributed by atoms with E-state index >= 15 is 0 Å². The molecule has 0 amide bonds. The lowest BCUT2D eigenvalue weighted by molar-refractivity contribution is -0.143. The number of hydrogen-bond acceptors (Lipinski definition) is 5. The maximum Gasteiger partial charge on any atom is 0.308 e. The summed E-state index contributed by atoms with van der Waals surface area (Å²) in [5.74, 6) is -0.123. The van der Waals surface area contributed by atoms with E-state index in [0.29, 0.717) is 12.4 Å². The average molecular weight is 334 g/mol. The van der Waals surface area contributed by atoms with Gasteiger partial charge in [0.2, 0.25) is 0 Å². The number of ether oxygens (including phenoxy) is 2. The second kappa shape index (κ2) is 7.34. The van der Waals surface area contributed by atoms with Crippen LogP contribution in [0.25, 0.3) is 0 Å². The molecule has 2 rings (SSSR count). The molecule has 0 saturated carbocycles. The SMILES string of the molecule is CC(=O)OCC(C)C1CCc2c(C)cc(OC(C)=O)c(C)c2C1O. The molecule has 24 heavy (non-hydrogen) atoms. The first kappa shape index (κ1) is 18.5. The summed E-state index contributed by atoms with van der Waals surface area (Å²) in [5.41, 5.74) is 3.82. The Bertz CT molecular complexity index is 650. The van der Waals surface area contributed by atoms with Crippen LogP contribution in [0.2, 0.25) is 0 Å². The van der Waals surface area contributed by atoms with Crippen molar-refractivity contribution in [2.75, 3.05) is 6.61 Å². The van der Waals surface area contributed by atoms with E-state index in [1.165, 1.54) is 13.8 Å². The Morgan fingerprint density at radius 2 is 1.96 bits per heavy atom. The van der Waals surface area contributed by atoms with E-state index in [-0.39, 0.29) is 23.8 Å². The van der Waals surface area contributed by atoms with E-state index < -0.39 is 6.10 Å². The van der Waals surface area contributed by atoms with Crippen LogP contribution in [0.5, 0.6) is 5.75 Å². The number of esters is 2. The molecule has 0 fully saturated rings. The molecule has 3 atom stereocenters. The average Bonchev–Trinajstić information content (AvgIpc) is 2.49. The predicted octanol–water partition coefficient (Wildman–Crippen LogP) is 3.02. The molecule has 0 saturated heterocycles. The van der Waals surface area contributed by atoms with Crippen LogP contribution in [0.15, 0.2) is 6.07 Å². The zero-order valence-corrected chi connectivity index (χ0v) is 15.0. The molecule has 3 unspecified atom stereocenters. The van der Waals surface area contributed by atoms with Crippen molar-refractivity contribution < 1.29 is 24.2 Å². The molecular weight excluding hydrogens is 308 g/mol. The van der Waals surface area contributed by atoms with Gasteiger partial charge >= 0.3 is 11.9 Å². The van der Waals surface area contributed by atoms with Crippen LogP contribution in [0.4, 0.5) is 0 Å². The molecule has 1 N–H and O–H groups in total. The van der Waals surface area contributed by atoms with Crippen molar-refractivity contribution in [3.05, 3.63) is 28.3 Å². The Hall–Kier alpha value is -1.88. The summed E-state index contributed by atoms with van der Waals surface area (Å²) in [6, 6.07) is 1.87. The quantitative estimate of drug-likeness (QED) is 0.677. The molecule has 5 nitrogen and oxygen atoms in total. The highest BCUT2D eigenvalue weighted by Crippen LogP contribution is 2.43. The maximum atomic E-state index is 11.3. The highest BCUT2D eigenvalue weighted by Gasteiger charge is 2.35. The van der Waals surface area contributed by atoms with Crippen LogP contribution < -0.4 is 4.74 Å². The molecule has 132 valence electrons. The molecule has 0 spiro atoms. The van der Waals surface area contributed by atoms with Crippen LogP contribution in [-0.4, -0.2) is 23.7 Å². The van der Waals surface area contributed by atoms with Gasteiger partial charge in [-0.2, -0.15) is 0 Å².